The zero-order valence-corrected chi connectivity index (χ0v) is 19.8. The quantitative estimate of drug-likeness (QED) is 0.576. The minimum atomic E-state index is -0.110. The molecule has 1 fully saturated rings. The van der Waals surface area contributed by atoms with Crippen molar-refractivity contribution in [2.24, 2.45) is 0 Å². The molecule has 2 aromatic carbocycles. The van der Waals surface area contributed by atoms with Gasteiger partial charge in [0.15, 0.2) is 0 Å². The van der Waals surface area contributed by atoms with Crippen molar-refractivity contribution in [2.45, 2.75) is 20.8 Å². The van der Waals surface area contributed by atoms with Gasteiger partial charge in [0, 0.05) is 31.7 Å². The number of nitrogens with zero attached hydrogens (tertiary/aromatic N) is 4. The molecule has 0 unspecified atom stereocenters. The number of nitrogens with one attached hydrogen (secondary N) is 1. The van der Waals surface area contributed by atoms with Crippen LogP contribution in [0.1, 0.15) is 28.7 Å². The van der Waals surface area contributed by atoms with E-state index in [9.17, 15) is 4.79 Å². The third kappa shape index (κ3) is 4.52. The summed E-state index contributed by atoms with van der Waals surface area (Å²) in [5.74, 6) is -0.110. The highest BCUT2D eigenvalue weighted by atomic mass is 79.9. The number of para-hydroxylation sites is 2. The van der Waals surface area contributed by atoms with Crippen LogP contribution in [-0.4, -0.2) is 53.3 Å². The molecule has 1 aliphatic rings. The van der Waals surface area contributed by atoms with Crippen LogP contribution in [0.3, 0.4) is 0 Å². The number of aryl methyl sites for hydroxylation is 1. The molecular formula is C24H28BrN5O. The number of carbonyl (C=O) groups excluding carboxylic acids is 1. The molecule has 2 heterocycles. The fourth-order valence-electron chi connectivity index (χ4n) is 3.98. The van der Waals surface area contributed by atoms with Crippen LogP contribution in [0.2, 0.25) is 0 Å². The van der Waals surface area contributed by atoms with Crippen molar-refractivity contribution in [3.63, 3.8) is 0 Å². The monoisotopic (exact) mass is 481 g/mol. The molecule has 1 aliphatic heterocycles. The third-order valence-corrected chi connectivity index (χ3v) is 7.04. The van der Waals surface area contributed by atoms with Crippen LogP contribution in [-0.2, 0) is 0 Å². The Morgan fingerprint density at radius 1 is 1.03 bits per heavy atom. The molecule has 1 N–H and O–H groups in total. The number of rotatable bonds is 5. The summed E-state index contributed by atoms with van der Waals surface area (Å²) >= 11 is 3.56. The Hall–Kier alpha value is -2.64. The third-order valence-electron chi connectivity index (χ3n) is 5.89. The van der Waals surface area contributed by atoms with E-state index in [4.69, 9.17) is 0 Å². The summed E-state index contributed by atoms with van der Waals surface area (Å²) in [5, 5.41) is 7.67. The minimum Gasteiger partial charge on any atom is -0.367 e. The highest BCUT2D eigenvalue weighted by Gasteiger charge is 2.19. The van der Waals surface area contributed by atoms with E-state index in [1.165, 1.54) is 0 Å². The van der Waals surface area contributed by atoms with E-state index in [2.05, 4.69) is 49.1 Å². The smallest absolute Gasteiger partial charge is 0.255 e. The summed E-state index contributed by atoms with van der Waals surface area (Å²) in [5.41, 5.74) is 5.45. The van der Waals surface area contributed by atoms with Crippen LogP contribution in [0.25, 0.3) is 5.69 Å². The average Bonchev–Trinajstić information content (AvgIpc) is 3.07. The van der Waals surface area contributed by atoms with Crippen molar-refractivity contribution in [3.8, 4) is 5.69 Å². The molecule has 1 amide bonds. The molecule has 3 aromatic rings. The van der Waals surface area contributed by atoms with Crippen molar-refractivity contribution < 1.29 is 4.79 Å². The second-order valence-electron chi connectivity index (χ2n) is 7.84. The fraction of sp³-hybridized carbons (Fsp3) is 0.333. The number of hydrogen-bond donors (Lipinski definition) is 1. The van der Waals surface area contributed by atoms with E-state index in [1.54, 1.807) is 0 Å². The maximum atomic E-state index is 13.0. The number of likely N-dealkylation sites (N-methyl/N-ethyl adjacent to an activating group) is 1. The first-order chi connectivity index (χ1) is 15.0. The number of hydrogen-bond acceptors (Lipinski definition) is 4. The Bertz CT molecular complexity index is 1070. The standard InChI is InChI=1S/C24H28BrN5O/c1-4-28-13-15-29(16-14-28)22-8-6-5-7-21(22)26-24(31)19-9-11-20(12-10-19)30-18(3)23(25)17(2)27-30/h5-12H,4,13-16H2,1-3H3,(H,26,31). The van der Waals surface area contributed by atoms with E-state index < -0.39 is 0 Å². The van der Waals surface area contributed by atoms with Gasteiger partial charge in [0.05, 0.1) is 32.9 Å². The first kappa shape index (κ1) is 21.6. The van der Waals surface area contributed by atoms with Gasteiger partial charge < -0.3 is 15.1 Å². The zero-order chi connectivity index (χ0) is 22.0. The molecule has 0 bridgehead atoms. The summed E-state index contributed by atoms with van der Waals surface area (Å²) in [7, 11) is 0. The summed E-state index contributed by atoms with van der Waals surface area (Å²) in [6.07, 6.45) is 0. The molecular weight excluding hydrogens is 454 g/mol. The summed E-state index contributed by atoms with van der Waals surface area (Å²) in [4.78, 5) is 17.8. The van der Waals surface area contributed by atoms with Gasteiger partial charge >= 0.3 is 0 Å². The molecule has 1 aromatic heterocycles. The van der Waals surface area contributed by atoms with Crippen LogP contribution in [0, 0.1) is 13.8 Å². The Labute approximate surface area is 192 Å². The van der Waals surface area contributed by atoms with Gasteiger partial charge in [-0.3, -0.25) is 4.79 Å². The SMILES string of the molecule is CCN1CCN(c2ccccc2NC(=O)c2ccc(-n3nc(C)c(Br)c3C)cc2)CC1. The lowest BCUT2D eigenvalue weighted by atomic mass is 10.1. The van der Waals surface area contributed by atoms with Crippen molar-refractivity contribution in [2.75, 3.05) is 42.9 Å². The van der Waals surface area contributed by atoms with Gasteiger partial charge in [-0.2, -0.15) is 5.10 Å². The number of halogens is 1. The van der Waals surface area contributed by atoms with Crippen LogP contribution in [0.4, 0.5) is 11.4 Å². The van der Waals surface area contributed by atoms with E-state index >= 15 is 0 Å². The lowest BCUT2D eigenvalue weighted by Gasteiger charge is -2.36. The van der Waals surface area contributed by atoms with Crippen LogP contribution >= 0.6 is 15.9 Å². The Morgan fingerprint density at radius 2 is 1.71 bits per heavy atom. The lowest BCUT2D eigenvalue weighted by molar-refractivity contribution is 0.102. The maximum Gasteiger partial charge on any atom is 0.255 e. The highest BCUT2D eigenvalue weighted by Crippen LogP contribution is 2.27. The number of aromatic nitrogens is 2. The fourth-order valence-corrected chi connectivity index (χ4v) is 4.23. The molecule has 4 rings (SSSR count). The van der Waals surface area contributed by atoms with Crippen molar-refractivity contribution in [1.29, 1.82) is 0 Å². The second-order valence-corrected chi connectivity index (χ2v) is 8.63. The molecule has 0 radical (unpaired) electrons. The molecule has 6 nitrogen and oxygen atoms in total. The maximum absolute atomic E-state index is 13.0. The van der Waals surface area contributed by atoms with Gasteiger partial charge in [-0.25, -0.2) is 4.68 Å². The van der Waals surface area contributed by atoms with Gasteiger partial charge in [0.1, 0.15) is 0 Å². The number of carbonyl (C=O) groups is 1. The van der Waals surface area contributed by atoms with Crippen molar-refractivity contribution >= 4 is 33.2 Å². The molecule has 1 saturated heterocycles. The largest absolute Gasteiger partial charge is 0.367 e. The Morgan fingerprint density at radius 3 is 2.32 bits per heavy atom. The van der Waals surface area contributed by atoms with E-state index in [-0.39, 0.29) is 5.91 Å². The van der Waals surface area contributed by atoms with Gasteiger partial charge in [0.2, 0.25) is 0 Å². The summed E-state index contributed by atoms with van der Waals surface area (Å²) < 4.78 is 2.89. The van der Waals surface area contributed by atoms with E-state index in [0.29, 0.717) is 5.56 Å². The summed E-state index contributed by atoms with van der Waals surface area (Å²) in [6.45, 7) is 11.3. The predicted octanol–water partition coefficient (Wildman–Crippen LogP) is 4.65. The Balaban J connectivity index is 1.49. The number of anilines is 2. The van der Waals surface area contributed by atoms with Crippen LogP contribution < -0.4 is 10.2 Å². The van der Waals surface area contributed by atoms with Crippen molar-refractivity contribution in [3.05, 3.63) is 70.0 Å². The minimum absolute atomic E-state index is 0.110. The zero-order valence-electron chi connectivity index (χ0n) is 18.2. The lowest BCUT2D eigenvalue weighted by Crippen LogP contribution is -2.46. The van der Waals surface area contributed by atoms with Crippen LogP contribution in [0.15, 0.2) is 53.0 Å². The number of piperazine rings is 1. The first-order valence-electron chi connectivity index (χ1n) is 10.7. The number of benzene rings is 2. The molecule has 0 spiro atoms. The van der Waals surface area contributed by atoms with Crippen molar-refractivity contribution in [1.82, 2.24) is 14.7 Å². The van der Waals surface area contributed by atoms with E-state index in [1.807, 2.05) is 61.0 Å². The molecule has 0 saturated carbocycles. The molecule has 7 heteroatoms. The second kappa shape index (κ2) is 9.24. The molecule has 31 heavy (non-hydrogen) atoms. The first-order valence-corrected chi connectivity index (χ1v) is 11.5. The summed E-state index contributed by atoms with van der Waals surface area (Å²) in [6, 6.07) is 15.6. The van der Waals surface area contributed by atoms with Gasteiger partial charge in [-0.15, -0.1) is 0 Å². The van der Waals surface area contributed by atoms with Gasteiger partial charge in [0.25, 0.3) is 5.91 Å². The van der Waals surface area contributed by atoms with Gasteiger partial charge in [-0.1, -0.05) is 19.1 Å². The Kier molecular flexibility index (Phi) is 6.43. The molecule has 162 valence electrons. The number of amides is 1. The predicted molar refractivity (Wildman–Crippen MR) is 129 cm³/mol. The topological polar surface area (TPSA) is 53.4 Å². The molecule has 0 atom stereocenters. The average molecular weight is 482 g/mol. The molecule has 0 aliphatic carbocycles. The highest BCUT2D eigenvalue weighted by molar-refractivity contribution is 9.10. The normalized spacial score (nSPS) is 14.6. The van der Waals surface area contributed by atoms with Gasteiger partial charge in [-0.05, 0) is 72.7 Å². The van der Waals surface area contributed by atoms with Crippen LogP contribution in [0.5, 0.6) is 0 Å². The van der Waals surface area contributed by atoms with E-state index in [0.717, 1.165) is 65.6 Å².